The van der Waals surface area contributed by atoms with E-state index in [1.165, 1.54) is 27.7 Å². The number of aryl methyl sites for hydroxylation is 1. The van der Waals surface area contributed by atoms with Gasteiger partial charge in [-0.1, -0.05) is 49.4 Å². The van der Waals surface area contributed by atoms with Gasteiger partial charge in [-0.2, -0.15) is 0 Å². The number of nitrogens with zero attached hydrogens (tertiary/aromatic N) is 2. The van der Waals surface area contributed by atoms with Gasteiger partial charge >= 0.3 is 0 Å². The summed E-state index contributed by atoms with van der Waals surface area (Å²) in [5, 5.41) is 4.46. The van der Waals surface area contributed by atoms with Crippen LogP contribution in [0.1, 0.15) is 49.9 Å². The smallest absolute Gasteiger partial charge is 0.223 e. The average Bonchev–Trinajstić information content (AvgIpc) is 3.12. The highest BCUT2D eigenvalue weighted by molar-refractivity contribution is 5.81. The standard InChI is InChI=1S/C27H35N3O/c1-4-21(3)28-27(31)22-13-15-29(16-14-22)19-25-17-23-10-7-8-12-26(23)30(25)18-24-11-6-5-9-20(24)2/h5-12,17,21-22H,4,13-16,18-19H2,1-3H3,(H,28,31)/t21-/m1/s1. The number of benzene rings is 2. The summed E-state index contributed by atoms with van der Waals surface area (Å²) < 4.78 is 2.47. The number of likely N-dealkylation sites (tertiary alicyclic amines) is 1. The molecule has 1 amide bonds. The Morgan fingerprint density at radius 2 is 1.77 bits per heavy atom. The van der Waals surface area contributed by atoms with Crippen molar-refractivity contribution in [3.8, 4) is 0 Å². The number of amides is 1. The number of hydrogen-bond acceptors (Lipinski definition) is 2. The lowest BCUT2D eigenvalue weighted by Gasteiger charge is -2.32. The van der Waals surface area contributed by atoms with Gasteiger partial charge < -0.3 is 9.88 Å². The number of para-hydroxylation sites is 1. The molecule has 0 saturated carbocycles. The van der Waals surface area contributed by atoms with Gasteiger partial charge in [-0.15, -0.1) is 0 Å². The summed E-state index contributed by atoms with van der Waals surface area (Å²) in [7, 11) is 0. The van der Waals surface area contributed by atoms with Gasteiger partial charge in [0.05, 0.1) is 0 Å². The second-order valence-corrected chi connectivity index (χ2v) is 9.08. The molecule has 3 aromatic rings. The van der Waals surface area contributed by atoms with Crippen LogP contribution in [0, 0.1) is 12.8 Å². The third-order valence-electron chi connectivity index (χ3n) is 6.83. The van der Waals surface area contributed by atoms with Crippen LogP contribution in [0.4, 0.5) is 0 Å². The maximum Gasteiger partial charge on any atom is 0.223 e. The van der Waals surface area contributed by atoms with Crippen LogP contribution in [0.25, 0.3) is 10.9 Å². The van der Waals surface area contributed by atoms with Crippen molar-refractivity contribution in [2.24, 2.45) is 5.92 Å². The van der Waals surface area contributed by atoms with Crippen LogP contribution >= 0.6 is 0 Å². The molecular weight excluding hydrogens is 382 g/mol. The lowest BCUT2D eigenvalue weighted by molar-refractivity contribution is -0.127. The van der Waals surface area contributed by atoms with Crippen LogP contribution < -0.4 is 5.32 Å². The van der Waals surface area contributed by atoms with Gasteiger partial charge in [0.15, 0.2) is 0 Å². The van der Waals surface area contributed by atoms with Crippen molar-refractivity contribution in [3.05, 3.63) is 71.4 Å². The zero-order chi connectivity index (χ0) is 21.8. The normalized spacial score (nSPS) is 16.5. The Kier molecular flexibility index (Phi) is 6.77. The Bertz CT molecular complexity index is 1030. The molecule has 2 heterocycles. The predicted octanol–water partition coefficient (Wildman–Crippen LogP) is 5.12. The topological polar surface area (TPSA) is 37.3 Å². The fourth-order valence-electron chi connectivity index (χ4n) is 4.59. The van der Waals surface area contributed by atoms with Crippen LogP contribution in [-0.4, -0.2) is 34.5 Å². The van der Waals surface area contributed by atoms with E-state index in [2.05, 4.69) is 90.2 Å². The predicted molar refractivity (Wildman–Crippen MR) is 128 cm³/mol. The minimum atomic E-state index is 0.156. The summed E-state index contributed by atoms with van der Waals surface area (Å²) in [6.45, 7) is 10.2. The van der Waals surface area contributed by atoms with Crippen molar-refractivity contribution >= 4 is 16.8 Å². The Morgan fingerprint density at radius 1 is 1.06 bits per heavy atom. The van der Waals surface area contributed by atoms with E-state index in [1.54, 1.807) is 0 Å². The first kappa shape index (κ1) is 21.6. The maximum absolute atomic E-state index is 12.5. The number of hydrogen-bond donors (Lipinski definition) is 1. The summed E-state index contributed by atoms with van der Waals surface area (Å²) in [5.74, 6) is 0.394. The molecule has 0 aliphatic carbocycles. The quantitative estimate of drug-likeness (QED) is 0.579. The van der Waals surface area contributed by atoms with E-state index in [9.17, 15) is 4.79 Å². The Morgan fingerprint density at radius 3 is 2.52 bits per heavy atom. The molecule has 4 nitrogen and oxygen atoms in total. The van der Waals surface area contributed by atoms with E-state index < -0.39 is 0 Å². The third kappa shape index (κ3) is 5.01. The summed E-state index contributed by atoms with van der Waals surface area (Å²) in [5.41, 5.74) is 5.35. The van der Waals surface area contributed by atoms with Crippen molar-refractivity contribution < 1.29 is 4.79 Å². The van der Waals surface area contributed by atoms with E-state index in [4.69, 9.17) is 0 Å². The van der Waals surface area contributed by atoms with Gasteiger partial charge in [0.2, 0.25) is 5.91 Å². The molecule has 0 radical (unpaired) electrons. The second-order valence-electron chi connectivity index (χ2n) is 9.08. The van der Waals surface area contributed by atoms with Gasteiger partial charge in [0, 0.05) is 36.3 Å². The van der Waals surface area contributed by atoms with E-state index in [0.717, 1.165) is 45.4 Å². The highest BCUT2D eigenvalue weighted by Crippen LogP contribution is 2.25. The van der Waals surface area contributed by atoms with E-state index in [1.807, 2.05) is 0 Å². The van der Waals surface area contributed by atoms with E-state index in [0.29, 0.717) is 0 Å². The molecule has 1 aliphatic rings. The molecule has 0 unspecified atom stereocenters. The van der Waals surface area contributed by atoms with Crippen molar-refractivity contribution in [1.82, 2.24) is 14.8 Å². The average molecular weight is 418 g/mol. The van der Waals surface area contributed by atoms with Crippen LogP contribution in [0.2, 0.25) is 0 Å². The zero-order valence-corrected chi connectivity index (χ0v) is 19.1. The fourth-order valence-corrected chi connectivity index (χ4v) is 4.59. The summed E-state index contributed by atoms with van der Waals surface area (Å²) in [6, 6.07) is 19.9. The van der Waals surface area contributed by atoms with E-state index in [-0.39, 0.29) is 17.9 Å². The molecule has 0 bridgehead atoms. The lowest BCUT2D eigenvalue weighted by atomic mass is 9.95. The molecule has 1 aromatic heterocycles. The Balaban J connectivity index is 1.48. The van der Waals surface area contributed by atoms with Gasteiger partial charge in [0.25, 0.3) is 0 Å². The van der Waals surface area contributed by atoms with Crippen LogP contribution in [0.5, 0.6) is 0 Å². The second kappa shape index (κ2) is 9.69. The SMILES string of the molecule is CC[C@@H](C)NC(=O)C1CCN(Cc2cc3ccccc3n2Cc2ccccc2C)CC1. The number of carbonyl (C=O) groups excluding carboxylic acids is 1. The molecule has 4 rings (SSSR count). The Hall–Kier alpha value is -2.59. The largest absolute Gasteiger partial charge is 0.353 e. The summed E-state index contributed by atoms with van der Waals surface area (Å²) in [4.78, 5) is 15.0. The number of fused-ring (bicyclic) bond motifs is 1. The highest BCUT2D eigenvalue weighted by Gasteiger charge is 2.26. The van der Waals surface area contributed by atoms with Crippen LogP contribution in [0.3, 0.4) is 0 Å². The number of carbonyl (C=O) groups is 1. The third-order valence-corrected chi connectivity index (χ3v) is 6.83. The van der Waals surface area contributed by atoms with Crippen molar-refractivity contribution in [2.75, 3.05) is 13.1 Å². The molecule has 1 atom stereocenters. The molecule has 31 heavy (non-hydrogen) atoms. The molecule has 1 fully saturated rings. The van der Waals surface area contributed by atoms with Gasteiger partial charge in [-0.25, -0.2) is 0 Å². The first-order valence-electron chi connectivity index (χ1n) is 11.7. The van der Waals surface area contributed by atoms with E-state index >= 15 is 0 Å². The fraction of sp³-hybridized carbons (Fsp3) is 0.444. The molecule has 164 valence electrons. The first-order valence-corrected chi connectivity index (χ1v) is 11.7. The van der Waals surface area contributed by atoms with Crippen LogP contribution in [0.15, 0.2) is 54.6 Å². The number of nitrogens with one attached hydrogen (secondary N) is 1. The monoisotopic (exact) mass is 417 g/mol. The summed E-state index contributed by atoms with van der Waals surface area (Å²) >= 11 is 0. The van der Waals surface area contributed by atoms with Crippen molar-refractivity contribution in [2.45, 2.75) is 59.2 Å². The molecule has 1 aliphatic heterocycles. The lowest BCUT2D eigenvalue weighted by Crippen LogP contribution is -2.42. The molecule has 1 N–H and O–H groups in total. The van der Waals surface area contributed by atoms with Gasteiger partial charge in [0.1, 0.15) is 0 Å². The summed E-state index contributed by atoms with van der Waals surface area (Å²) in [6.07, 6.45) is 2.87. The maximum atomic E-state index is 12.5. The molecule has 1 saturated heterocycles. The van der Waals surface area contributed by atoms with Gasteiger partial charge in [-0.05, 0) is 74.8 Å². The van der Waals surface area contributed by atoms with Crippen molar-refractivity contribution in [3.63, 3.8) is 0 Å². The molecule has 2 aromatic carbocycles. The van der Waals surface area contributed by atoms with Crippen LogP contribution in [-0.2, 0) is 17.9 Å². The molecule has 4 heteroatoms. The first-order chi connectivity index (χ1) is 15.0. The highest BCUT2D eigenvalue weighted by atomic mass is 16.1. The van der Waals surface area contributed by atoms with Crippen molar-refractivity contribution in [1.29, 1.82) is 0 Å². The molecular formula is C27H35N3O. The number of aromatic nitrogens is 1. The number of piperidine rings is 1. The minimum absolute atomic E-state index is 0.156. The minimum Gasteiger partial charge on any atom is -0.353 e. The Labute approximate surface area is 186 Å². The number of rotatable bonds is 7. The zero-order valence-electron chi connectivity index (χ0n) is 19.1. The van der Waals surface area contributed by atoms with Gasteiger partial charge in [-0.3, -0.25) is 9.69 Å². The molecule has 0 spiro atoms.